The van der Waals surface area contributed by atoms with Gasteiger partial charge in [0, 0.05) is 12.0 Å². The normalized spacial score (nSPS) is 22.8. The SMILES string of the molecule is CC(CS(=O)(=O)c1ccc(F)cc1)C(=O)NC1CCCCC1CN. The molecule has 1 aromatic rings. The maximum absolute atomic E-state index is 12.9. The molecule has 0 heterocycles. The first-order valence-corrected chi connectivity index (χ1v) is 9.97. The summed E-state index contributed by atoms with van der Waals surface area (Å²) in [6.45, 7) is 2.11. The summed E-state index contributed by atoms with van der Waals surface area (Å²) in [5, 5.41) is 2.96. The van der Waals surface area contributed by atoms with Crippen LogP contribution in [0.4, 0.5) is 4.39 Å². The molecule has 3 N–H and O–H groups in total. The molecule has 1 amide bonds. The van der Waals surface area contributed by atoms with Gasteiger partial charge in [0.2, 0.25) is 5.91 Å². The summed E-state index contributed by atoms with van der Waals surface area (Å²) >= 11 is 0. The van der Waals surface area contributed by atoms with Crippen molar-refractivity contribution in [2.75, 3.05) is 12.3 Å². The second kappa shape index (κ2) is 8.07. The first-order chi connectivity index (χ1) is 11.3. The third kappa shape index (κ3) is 4.77. The summed E-state index contributed by atoms with van der Waals surface area (Å²) < 4.78 is 37.6. The van der Waals surface area contributed by atoms with E-state index in [1.807, 2.05) is 0 Å². The number of nitrogens with two attached hydrogens (primary N) is 1. The predicted octanol–water partition coefficient (Wildman–Crippen LogP) is 1.87. The molecule has 0 aliphatic heterocycles. The van der Waals surface area contributed by atoms with Crippen molar-refractivity contribution in [2.45, 2.75) is 43.5 Å². The highest BCUT2D eigenvalue weighted by atomic mass is 32.2. The van der Waals surface area contributed by atoms with Gasteiger partial charge in [0.15, 0.2) is 9.84 Å². The fourth-order valence-electron chi connectivity index (χ4n) is 3.15. The van der Waals surface area contributed by atoms with Crippen LogP contribution in [0.1, 0.15) is 32.6 Å². The molecule has 5 nitrogen and oxygen atoms in total. The van der Waals surface area contributed by atoms with Gasteiger partial charge in [-0.25, -0.2) is 12.8 Å². The number of benzene rings is 1. The van der Waals surface area contributed by atoms with Crippen molar-refractivity contribution in [1.82, 2.24) is 5.32 Å². The third-order valence-corrected chi connectivity index (χ3v) is 6.56. The summed E-state index contributed by atoms with van der Waals surface area (Å²) in [7, 11) is -3.63. The first kappa shape index (κ1) is 18.9. The maximum atomic E-state index is 12.9. The van der Waals surface area contributed by atoms with Crippen LogP contribution in [-0.4, -0.2) is 32.7 Å². The van der Waals surface area contributed by atoms with Crippen LogP contribution in [0.15, 0.2) is 29.2 Å². The molecule has 1 aromatic carbocycles. The van der Waals surface area contributed by atoms with E-state index in [1.54, 1.807) is 6.92 Å². The largest absolute Gasteiger partial charge is 0.353 e. The van der Waals surface area contributed by atoms with Crippen LogP contribution < -0.4 is 11.1 Å². The van der Waals surface area contributed by atoms with E-state index >= 15 is 0 Å². The number of sulfone groups is 1. The number of hydrogen-bond acceptors (Lipinski definition) is 4. The van der Waals surface area contributed by atoms with Crippen molar-refractivity contribution in [2.24, 2.45) is 17.6 Å². The average molecular weight is 356 g/mol. The Balaban J connectivity index is 1.98. The van der Waals surface area contributed by atoms with Gasteiger partial charge in [-0.3, -0.25) is 4.79 Å². The quantitative estimate of drug-likeness (QED) is 0.762. The van der Waals surface area contributed by atoms with Crippen LogP contribution in [-0.2, 0) is 14.6 Å². The van der Waals surface area contributed by atoms with Crippen LogP contribution in [0, 0.1) is 17.7 Å². The standard InChI is InChI=1S/C17H25FN2O3S/c1-12(11-24(22,23)15-8-6-14(18)7-9-15)17(21)20-16-5-3-2-4-13(16)10-19/h6-9,12-13,16H,2-5,10-11,19H2,1H3,(H,20,21). The number of carbonyl (C=O) groups is 1. The van der Waals surface area contributed by atoms with E-state index < -0.39 is 21.6 Å². The number of hydrogen-bond donors (Lipinski definition) is 2. The summed E-state index contributed by atoms with van der Waals surface area (Å²) in [5.74, 6) is -1.50. The third-order valence-electron chi connectivity index (χ3n) is 4.63. The van der Waals surface area contributed by atoms with Crippen LogP contribution in [0.2, 0.25) is 0 Å². The molecular weight excluding hydrogens is 331 g/mol. The van der Waals surface area contributed by atoms with Gasteiger partial charge in [-0.15, -0.1) is 0 Å². The molecule has 0 aromatic heterocycles. The van der Waals surface area contributed by atoms with E-state index in [0.717, 1.165) is 37.8 Å². The molecule has 1 aliphatic carbocycles. The molecule has 7 heteroatoms. The number of carbonyl (C=O) groups excluding carboxylic acids is 1. The molecule has 2 rings (SSSR count). The molecule has 24 heavy (non-hydrogen) atoms. The zero-order chi connectivity index (χ0) is 17.7. The monoisotopic (exact) mass is 356 g/mol. The number of rotatable bonds is 6. The van der Waals surface area contributed by atoms with Crippen molar-refractivity contribution in [3.63, 3.8) is 0 Å². The molecule has 0 radical (unpaired) electrons. The predicted molar refractivity (Wildman–Crippen MR) is 90.6 cm³/mol. The van der Waals surface area contributed by atoms with E-state index in [1.165, 1.54) is 12.1 Å². The van der Waals surface area contributed by atoms with E-state index in [0.29, 0.717) is 6.54 Å². The Kier molecular flexibility index (Phi) is 6.34. The second-order valence-electron chi connectivity index (χ2n) is 6.53. The smallest absolute Gasteiger partial charge is 0.224 e. The van der Waals surface area contributed by atoms with Gasteiger partial charge in [-0.2, -0.15) is 0 Å². The highest BCUT2D eigenvalue weighted by Crippen LogP contribution is 2.24. The Hall–Kier alpha value is -1.47. The van der Waals surface area contributed by atoms with Crippen LogP contribution in [0.25, 0.3) is 0 Å². The highest BCUT2D eigenvalue weighted by Gasteiger charge is 2.29. The van der Waals surface area contributed by atoms with Crippen LogP contribution >= 0.6 is 0 Å². The minimum atomic E-state index is -3.63. The van der Waals surface area contributed by atoms with E-state index in [2.05, 4.69) is 5.32 Å². The number of halogens is 1. The number of amides is 1. The lowest BCUT2D eigenvalue weighted by Crippen LogP contribution is -2.47. The summed E-state index contributed by atoms with van der Waals surface area (Å²) in [5.41, 5.74) is 5.76. The molecule has 134 valence electrons. The minimum absolute atomic E-state index is 0.0206. The van der Waals surface area contributed by atoms with E-state index in [9.17, 15) is 17.6 Å². The second-order valence-corrected chi connectivity index (χ2v) is 8.57. The van der Waals surface area contributed by atoms with Crippen LogP contribution in [0.5, 0.6) is 0 Å². The molecule has 0 bridgehead atoms. The zero-order valence-electron chi connectivity index (χ0n) is 13.9. The Morgan fingerprint density at radius 3 is 2.54 bits per heavy atom. The van der Waals surface area contributed by atoms with Gasteiger partial charge < -0.3 is 11.1 Å². The van der Waals surface area contributed by atoms with Gasteiger partial charge in [0.05, 0.1) is 10.6 Å². The van der Waals surface area contributed by atoms with Crippen molar-refractivity contribution in [1.29, 1.82) is 0 Å². The van der Waals surface area contributed by atoms with Gasteiger partial charge in [-0.1, -0.05) is 19.8 Å². The molecule has 3 atom stereocenters. The van der Waals surface area contributed by atoms with Crippen molar-refractivity contribution in [3.8, 4) is 0 Å². The van der Waals surface area contributed by atoms with Gasteiger partial charge in [0.1, 0.15) is 5.82 Å². The van der Waals surface area contributed by atoms with Gasteiger partial charge in [0.25, 0.3) is 0 Å². The maximum Gasteiger partial charge on any atom is 0.224 e. The summed E-state index contributed by atoms with van der Waals surface area (Å²) in [6, 6.07) is 4.67. The van der Waals surface area contributed by atoms with Crippen molar-refractivity contribution in [3.05, 3.63) is 30.1 Å². The van der Waals surface area contributed by atoms with Crippen LogP contribution in [0.3, 0.4) is 0 Å². The van der Waals surface area contributed by atoms with Crippen molar-refractivity contribution >= 4 is 15.7 Å². The van der Waals surface area contributed by atoms with Crippen molar-refractivity contribution < 1.29 is 17.6 Å². The Bertz CT molecular complexity index is 661. The Morgan fingerprint density at radius 2 is 1.92 bits per heavy atom. The van der Waals surface area contributed by atoms with E-state index in [4.69, 9.17) is 5.73 Å². The highest BCUT2D eigenvalue weighted by molar-refractivity contribution is 7.91. The fourth-order valence-corrected chi connectivity index (χ4v) is 4.70. The first-order valence-electron chi connectivity index (χ1n) is 8.32. The minimum Gasteiger partial charge on any atom is -0.353 e. The number of nitrogens with one attached hydrogen (secondary N) is 1. The Morgan fingerprint density at radius 1 is 1.29 bits per heavy atom. The molecule has 0 spiro atoms. The van der Waals surface area contributed by atoms with Gasteiger partial charge in [-0.05, 0) is 49.6 Å². The molecule has 1 saturated carbocycles. The lowest BCUT2D eigenvalue weighted by atomic mass is 9.84. The zero-order valence-corrected chi connectivity index (χ0v) is 14.7. The molecule has 1 aliphatic rings. The lowest BCUT2D eigenvalue weighted by Gasteiger charge is -2.32. The van der Waals surface area contributed by atoms with E-state index in [-0.39, 0.29) is 28.5 Å². The molecule has 0 saturated heterocycles. The Labute approximate surface area is 142 Å². The topological polar surface area (TPSA) is 89.3 Å². The molecule has 1 fully saturated rings. The van der Waals surface area contributed by atoms with Gasteiger partial charge >= 0.3 is 0 Å². The molecular formula is C17H25FN2O3S. The summed E-state index contributed by atoms with van der Waals surface area (Å²) in [4.78, 5) is 12.4. The molecule has 3 unspecified atom stereocenters. The lowest BCUT2D eigenvalue weighted by molar-refractivity contribution is -0.125. The average Bonchev–Trinajstić information content (AvgIpc) is 2.55. The summed E-state index contributed by atoms with van der Waals surface area (Å²) in [6.07, 6.45) is 4.03. The fraction of sp³-hybridized carbons (Fsp3) is 0.588.